The largest absolute Gasteiger partial charge is 0.471 e. The van der Waals surface area contributed by atoms with Crippen molar-refractivity contribution in [3.05, 3.63) is 34.9 Å². The number of hydrogen-bond donors (Lipinski definition) is 0. The Morgan fingerprint density at radius 3 is 2.74 bits per heavy atom. The van der Waals surface area contributed by atoms with Gasteiger partial charge in [0.2, 0.25) is 0 Å². The van der Waals surface area contributed by atoms with Gasteiger partial charge >= 0.3 is 12.1 Å². The molecule has 0 fully saturated rings. The lowest BCUT2D eigenvalue weighted by molar-refractivity contribution is -0.188. The molecule has 2 nitrogen and oxygen atoms in total. The summed E-state index contributed by atoms with van der Waals surface area (Å²) in [6.45, 7) is 1.75. The molecule has 0 aliphatic carbocycles. The minimum atomic E-state index is -4.81. The predicted octanol–water partition coefficient (Wildman–Crippen LogP) is 3.59. The van der Waals surface area contributed by atoms with Crippen molar-refractivity contribution in [1.29, 1.82) is 0 Å². The van der Waals surface area contributed by atoms with Crippen LogP contribution in [0.4, 0.5) is 13.2 Å². The van der Waals surface area contributed by atoms with Crippen LogP contribution in [0.3, 0.4) is 0 Å². The Kier molecular flexibility index (Phi) is 3.90. The van der Waals surface area contributed by atoms with E-state index in [2.05, 4.69) is 15.9 Å². The van der Waals surface area contributed by atoms with Crippen molar-refractivity contribution in [3.8, 4) is 0 Å². The first kappa shape index (κ1) is 14.4. The molecule has 1 amide bonds. The maximum Gasteiger partial charge on any atom is 0.471 e. The maximum absolute atomic E-state index is 12.5. The second kappa shape index (κ2) is 5.15. The van der Waals surface area contributed by atoms with Crippen LogP contribution in [-0.4, -0.2) is 23.5 Å². The van der Waals surface area contributed by atoms with Gasteiger partial charge in [0.25, 0.3) is 0 Å². The van der Waals surface area contributed by atoms with E-state index in [1.807, 2.05) is 12.1 Å². The van der Waals surface area contributed by atoms with Crippen LogP contribution >= 0.6 is 15.9 Å². The van der Waals surface area contributed by atoms with E-state index < -0.39 is 18.1 Å². The summed E-state index contributed by atoms with van der Waals surface area (Å²) in [5.41, 5.74) is 2.93. The van der Waals surface area contributed by atoms with Crippen molar-refractivity contribution in [1.82, 2.24) is 4.90 Å². The summed E-state index contributed by atoms with van der Waals surface area (Å²) in [6, 6.07) is 5.01. The summed E-state index contributed by atoms with van der Waals surface area (Å²) < 4.78 is 37.6. The smallest absolute Gasteiger partial charge is 0.328 e. The fourth-order valence-electron chi connectivity index (χ4n) is 2.51. The number of hydrogen-bond acceptors (Lipinski definition) is 1. The molecule has 6 heteroatoms. The number of alkyl halides is 4. The topological polar surface area (TPSA) is 20.3 Å². The quantitative estimate of drug-likeness (QED) is 0.718. The van der Waals surface area contributed by atoms with E-state index in [1.54, 1.807) is 13.0 Å². The van der Waals surface area contributed by atoms with Crippen LogP contribution in [-0.2, 0) is 16.5 Å². The molecule has 104 valence electrons. The highest BCUT2D eigenvalue weighted by atomic mass is 79.9. The van der Waals surface area contributed by atoms with Gasteiger partial charge in [-0.05, 0) is 30.0 Å². The van der Waals surface area contributed by atoms with Crippen LogP contribution in [0.2, 0.25) is 0 Å². The van der Waals surface area contributed by atoms with Crippen molar-refractivity contribution in [2.75, 3.05) is 6.54 Å². The van der Waals surface area contributed by atoms with Gasteiger partial charge < -0.3 is 4.90 Å². The highest BCUT2D eigenvalue weighted by Crippen LogP contribution is 2.34. The first-order valence-electron chi connectivity index (χ1n) is 5.90. The second-order valence-electron chi connectivity index (χ2n) is 4.54. The standard InChI is InChI=1S/C13H13BrF3NO/c1-8-10-4-2-3-9(7-14)11(10)5-6-18(8)12(19)13(15,16)17/h2-4,8H,5-7H2,1H3. The number of rotatable bonds is 1. The summed E-state index contributed by atoms with van der Waals surface area (Å²) >= 11 is 3.37. The summed E-state index contributed by atoms with van der Waals surface area (Å²) in [4.78, 5) is 12.3. The van der Waals surface area contributed by atoms with Gasteiger partial charge in [-0.1, -0.05) is 34.1 Å². The zero-order valence-corrected chi connectivity index (χ0v) is 11.9. The van der Waals surface area contributed by atoms with Gasteiger partial charge in [0.15, 0.2) is 0 Å². The first-order chi connectivity index (χ1) is 8.86. The zero-order valence-electron chi connectivity index (χ0n) is 10.3. The third kappa shape index (κ3) is 2.63. The highest BCUT2D eigenvalue weighted by molar-refractivity contribution is 9.08. The van der Waals surface area contributed by atoms with E-state index in [4.69, 9.17) is 0 Å². The second-order valence-corrected chi connectivity index (χ2v) is 5.10. The molecule has 1 atom stereocenters. The van der Waals surface area contributed by atoms with E-state index in [0.29, 0.717) is 11.8 Å². The lowest BCUT2D eigenvalue weighted by Gasteiger charge is -2.36. The van der Waals surface area contributed by atoms with E-state index in [0.717, 1.165) is 21.6 Å². The molecule has 1 aliphatic rings. The molecule has 19 heavy (non-hydrogen) atoms. The average molecular weight is 336 g/mol. The minimum Gasteiger partial charge on any atom is -0.328 e. The van der Waals surface area contributed by atoms with Crippen LogP contribution in [0.15, 0.2) is 18.2 Å². The molecule has 0 saturated carbocycles. The monoisotopic (exact) mass is 335 g/mol. The van der Waals surface area contributed by atoms with Gasteiger partial charge in [-0.25, -0.2) is 0 Å². The molecule has 1 heterocycles. The van der Waals surface area contributed by atoms with Crippen LogP contribution in [0.25, 0.3) is 0 Å². The molecular formula is C13H13BrF3NO. The van der Waals surface area contributed by atoms with Crippen LogP contribution in [0, 0.1) is 0 Å². The van der Waals surface area contributed by atoms with Gasteiger partial charge in [0, 0.05) is 11.9 Å². The van der Waals surface area contributed by atoms with Crippen molar-refractivity contribution >= 4 is 21.8 Å². The summed E-state index contributed by atoms with van der Waals surface area (Å²) in [6.07, 6.45) is -4.35. The third-order valence-corrected chi connectivity index (χ3v) is 4.08. The molecule has 1 unspecified atom stereocenters. The Labute approximate surface area is 117 Å². The number of halogens is 4. The zero-order chi connectivity index (χ0) is 14.2. The lowest BCUT2D eigenvalue weighted by atomic mass is 9.90. The molecule has 1 aromatic rings. The lowest BCUT2D eigenvalue weighted by Crippen LogP contribution is -2.45. The number of fused-ring (bicyclic) bond motifs is 1. The van der Waals surface area contributed by atoms with Crippen molar-refractivity contribution in [2.24, 2.45) is 0 Å². The Morgan fingerprint density at radius 1 is 1.47 bits per heavy atom. The number of benzene rings is 1. The van der Waals surface area contributed by atoms with E-state index in [-0.39, 0.29) is 6.54 Å². The number of amides is 1. The minimum absolute atomic E-state index is 0.108. The van der Waals surface area contributed by atoms with Crippen molar-refractivity contribution < 1.29 is 18.0 Å². The van der Waals surface area contributed by atoms with Crippen LogP contribution < -0.4 is 0 Å². The molecule has 1 aliphatic heterocycles. The number of nitrogens with zero attached hydrogens (tertiary/aromatic N) is 1. The predicted molar refractivity (Wildman–Crippen MR) is 69.0 cm³/mol. The fraction of sp³-hybridized carbons (Fsp3) is 0.462. The third-order valence-electron chi connectivity index (χ3n) is 3.48. The summed E-state index contributed by atoms with van der Waals surface area (Å²) in [7, 11) is 0. The Balaban J connectivity index is 2.35. The van der Waals surface area contributed by atoms with Crippen LogP contribution in [0.5, 0.6) is 0 Å². The van der Waals surface area contributed by atoms with E-state index in [1.165, 1.54) is 0 Å². The molecule has 0 N–H and O–H groups in total. The Hall–Kier alpha value is -1.04. The fourth-order valence-corrected chi connectivity index (χ4v) is 3.04. The summed E-state index contributed by atoms with van der Waals surface area (Å²) in [5.74, 6) is -1.75. The van der Waals surface area contributed by atoms with E-state index in [9.17, 15) is 18.0 Å². The Bertz CT molecular complexity index is 501. The van der Waals surface area contributed by atoms with Crippen molar-refractivity contribution in [3.63, 3.8) is 0 Å². The van der Waals surface area contributed by atoms with Crippen LogP contribution in [0.1, 0.15) is 29.7 Å². The van der Waals surface area contributed by atoms with Gasteiger partial charge in [-0.3, -0.25) is 4.79 Å². The molecule has 0 bridgehead atoms. The van der Waals surface area contributed by atoms with Gasteiger partial charge in [0.05, 0.1) is 6.04 Å². The van der Waals surface area contributed by atoms with Crippen molar-refractivity contribution in [2.45, 2.75) is 30.9 Å². The molecule has 1 aromatic carbocycles. The first-order valence-corrected chi connectivity index (χ1v) is 7.02. The van der Waals surface area contributed by atoms with E-state index >= 15 is 0 Å². The summed E-state index contributed by atoms with van der Waals surface area (Å²) in [5, 5.41) is 0.663. The number of carbonyl (C=O) groups is 1. The normalized spacial score (nSPS) is 19.2. The Morgan fingerprint density at radius 2 is 2.16 bits per heavy atom. The van der Waals surface area contributed by atoms with Gasteiger partial charge in [-0.15, -0.1) is 0 Å². The molecule has 2 rings (SSSR count). The maximum atomic E-state index is 12.5. The van der Waals surface area contributed by atoms with Gasteiger partial charge in [0.1, 0.15) is 0 Å². The van der Waals surface area contributed by atoms with Gasteiger partial charge in [-0.2, -0.15) is 13.2 Å². The molecule has 0 saturated heterocycles. The SMILES string of the molecule is CC1c2cccc(CBr)c2CCN1C(=O)C(F)(F)F. The molecular weight excluding hydrogens is 323 g/mol. The number of carbonyl (C=O) groups excluding carboxylic acids is 1. The molecule has 0 aromatic heterocycles. The highest BCUT2D eigenvalue weighted by Gasteiger charge is 2.45. The average Bonchev–Trinajstić information content (AvgIpc) is 2.37. The molecule has 0 radical (unpaired) electrons. The molecule has 0 spiro atoms.